The Morgan fingerprint density at radius 1 is 1.04 bits per heavy atom. The molecule has 2 N–H and O–H groups in total. The fourth-order valence-corrected chi connectivity index (χ4v) is 2.68. The van der Waals surface area contributed by atoms with Crippen molar-refractivity contribution in [2.45, 2.75) is 19.4 Å². The van der Waals surface area contributed by atoms with Gasteiger partial charge in [0.15, 0.2) is 5.96 Å². The van der Waals surface area contributed by atoms with Gasteiger partial charge in [-0.3, -0.25) is 4.99 Å². The summed E-state index contributed by atoms with van der Waals surface area (Å²) in [5.41, 5.74) is 2.44. The number of nitrogens with one attached hydrogen (secondary N) is 2. The number of likely N-dealkylation sites (N-methyl/N-ethyl adjacent to an activating group) is 1. The van der Waals surface area contributed by atoms with Gasteiger partial charge in [-0.25, -0.2) is 0 Å². The normalized spacial score (nSPS) is 12.7. The molecule has 2 aromatic carbocycles. The Balaban J connectivity index is 1.85. The number of guanidine groups is 1. The molecule has 0 bridgehead atoms. The third-order valence-corrected chi connectivity index (χ3v) is 4.38. The number of ether oxygens (including phenoxy) is 1. The van der Waals surface area contributed by atoms with Crippen LogP contribution in [0.3, 0.4) is 0 Å². The second-order valence-corrected chi connectivity index (χ2v) is 6.88. The van der Waals surface area contributed by atoms with Gasteiger partial charge in [0, 0.05) is 32.2 Å². The minimum atomic E-state index is 0.409. The van der Waals surface area contributed by atoms with Crippen molar-refractivity contribution in [3.8, 4) is 5.75 Å². The summed E-state index contributed by atoms with van der Waals surface area (Å²) in [5, 5.41) is 6.79. The zero-order valence-electron chi connectivity index (χ0n) is 16.9. The van der Waals surface area contributed by atoms with E-state index in [0.717, 1.165) is 30.4 Å². The van der Waals surface area contributed by atoms with Crippen LogP contribution >= 0.6 is 0 Å². The average molecular weight is 369 g/mol. The quantitative estimate of drug-likeness (QED) is 0.527. The van der Waals surface area contributed by atoms with E-state index >= 15 is 0 Å². The number of hydrogen-bond acceptors (Lipinski definition) is 3. The third kappa shape index (κ3) is 7.31. The van der Waals surface area contributed by atoms with E-state index in [1.165, 1.54) is 5.56 Å². The van der Waals surface area contributed by atoms with Crippen LogP contribution in [0.5, 0.6) is 5.75 Å². The minimum Gasteiger partial charge on any atom is -0.492 e. The van der Waals surface area contributed by atoms with E-state index in [4.69, 9.17) is 4.74 Å². The smallest absolute Gasteiger partial charge is 0.191 e. The molecule has 0 heterocycles. The lowest BCUT2D eigenvalue weighted by molar-refractivity contribution is 0.259. The summed E-state index contributed by atoms with van der Waals surface area (Å²) in [4.78, 5) is 6.44. The van der Waals surface area contributed by atoms with Crippen molar-refractivity contribution in [2.75, 3.05) is 40.8 Å². The first-order valence-corrected chi connectivity index (χ1v) is 9.45. The van der Waals surface area contributed by atoms with Gasteiger partial charge < -0.3 is 20.3 Å². The summed E-state index contributed by atoms with van der Waals surface area (Å²) < 4.78 is 5.93. The van der Waals surface area contributed by atoms with E-state index in [2.05, 4.69) is 57.8 Å². The van der Waals surface area contributed by atoms with Crippen LogP contribution in [0.4, 0.5) is 0 Å². The molecule has 2 aromatic rings. The summed E-state index contributed by atoms with van der Waals surface area (Å²) in [5.74, 6) is 2.12. The lowest BCUT2D eigenvalue weighted by Gasteiger charge is -2.18. The first-order chi connectivity index (χ1) is 13.1. The zero-order valence-corrected chi connectivity index (χ0v) is 16.9. The largest absolute Gasteiger partial charge is 0.492 e. The number of nitrogens with zero attached hydrogens (tertiary/aromatic N) is 2. The lowest BCUT2D eigenvalue weighted by atomic mass is 10.0. The molecule has 1 atom stereocenters. The maximum atomic E-state index is 5.93. The molecule has 0 amide bonds. The van der Waals surface area contributed by atoms with Crippen LogP contribution in [0.15, 0.2) is 59.6 Å². The second kappa shape index (κ2) is 11.2. The van der Waals surface area contributed by atoms with Crippen molar-refractivity contribution in [2.24, 2.45) is 4.99 Å². The molecule has 146 valence electrons. The topological polar surface area (TPSA) is 48.9 Å². The number of aliphatic imine (C=N–C) groups is 1. The average Bonchev–Trinajstić information content (AvgIpc) is 2.69. The van der Waals surface area contributed by atoms with Crippen molar-refractivity contribution < 1.29 is 4.74 Å². The molecule has 0 saturated carbocycles. The van der Waals surface area contributed by atoms with Crippen molar-refractivity contribution in [1.29, 1.82) is 0 Å². The molecule has 27 heavy (non-hydrogen) atoms. The van der Waals surface area contributed by atoms with Gasteiger partial charge in [0.25, 0.3) is 0 Å². The summed E-state index contributed by atoms with van der Waals surface area (Å²) in [6.07, 6.45) is 0. The van der Waals surface area contributed by atoms with E-state index in [1.54, 1.807) is 7.05 Å². The molecule has 2 rings (SSSR count). The van der Waals surface area contributed by atoms with Gasteiger partial charge in [-0.15, -0.1) is 0 Å². The Hall–Kier alpha value is -2.53. The monoisotopic (exact) mass is 368 g/mol. The van der Waals surface area contributed by atoms with E-state index in [1.807, 2.05) is 38.4 Å². The Kier molecular flexibility index (Phi) is 8.65. The summed E-state index contributed by atoms with van der Waals surface area (Å²) in [7, 11) is 5.88. The number of benzene rings is 2. The highest BCUT2D eigenvalue weighted by Crippen LogP contribution is 2.17. The number of para-hydroxylation sites is 1. The van der Waals surface area contributed by atoms with Crippen LogP contribution < -0.4 is 15.4 Å². The molecule has 0 aliphatic carbocycles. The van der Waals surface area contributed by atoms with E-state index in [0.29, 0.717) is 19.1 Å². The number of rotatable bonds is 9. The van der Waals surface area contributed by atoms with Gasteiger partial charge in [-0.1, -0.05) is 55.5 Å². The fraction of sp³-hybridized carbons (Fsp3) is 0.409. The molecule has 0 aliphatic rings. The number of hydrogen-bond donors (Lipinski definition) is 2. The van der Waals surface area contributed by atoms with Crippen LogP contribution in [0.25, 0.3) is 0 Å². The summed E-state index contributed by atoms with van der Waals surface area (Å²) in [6.45, 7) is 5.26. The SMILES string of the molecule is CN=C(NCc1ccccc1OCCN(C)C)NCC(C)c1ccccc1. The first kappa shape index (κ1) is 20.8. The predicted molar refractivity (Wildman–Crippen MR) is 114 cm³/mol. The van der Waals surface area contributed by atoms with Crippen molar-refractivity contribution in [3.63, 3.8) is 0 Å². The lowest BCUT2D eigenvalue weighted by Crippen LogP contribution is -2.38. The van der Waals surface area contributed by atoms with Gasteiger partial charge in [0.2, 0.25) is 0 Å². The maximum absolute atomic E-state index is 5.93. The van der Waals surface area contributed by atoms with Crippen LogP contribution in [-0.2, 0) is 6.54 Å². The van der Waals surface area contributed by atoms with Gasteiger partial charge in [-0.05, 0) is 31.6 Å². The van der Waals surface area contributed by atoms with E-state index < -0.39 is 0 Å². The van der Waals surface area contributed by atoms with Crippen LogP contribution in [0, 0.1) is 0 Å². The molecule has 0 aliphatic heterocycles. The third-order valence-electron chi connectivity index (χ3n) is 4.38. The zero-order chi connectivity index (χ0) is 19.5. The molecule has 1 unspecified atom stereocenters. The second-order valence-electron chi connectivity index (χ2n) is 6.88. The first-order valence-electron chi connectivity index (χ1n) is 9.45. The van der Waals surface area contributed by atoms with E-state index in [9.17, 15) is 0 Å². The maximum Gasteiger partial charge on any atom is 0.191 e. The predicted octanol–water partition coefficient (Wildman–Crippen LogP) is 3.10. The minimum absolute atomic E-state index is 0.409. The van der Waals surface area contributed by atoms with Gasteiger partial charge in [-0.2, -0.15) is 0 Å². The van der Waals surface area contributed by atoms with Crippen molar-refractivity contribution in [3.05, 3.63) is 65.7 Å². The molecule has 5 heteroatoms. The molecule has 0 aromatic heterocycles. The van der Waals surface area contributed by atoms with E-state index in [-0.39, 0.29) is 0 Å². The molecule has 0 spiro atoms. The highest BCUT2D eigenvalue weighted by atomic mass is 16.5. The molecule has 0 fully saturated rings. The van der Waals surface area contributed by atoms with Crippen LogP contribution in [0.1, 0.15) is 24.0 Å². The standard InChI is InChI=1S/C22H32N4O/c1-18(19-10-6-5-7-11-19)16-24-22(23-2)25-17-20-12-8-9-13-21(20)27-15-14-26(3)4/h5-13,18H,14-17H2,1-4H3,(H2,23,24,25). The Morgan fingerprint density at radius 3 is 2.44 bits per heavy atom. The Labute approximate surface area is 163 Å². The molecule has 0 radical (unpaired) electrons. The Bertz CT molecular complexity index is 700. The molecule has 5 nitrogen and oxygen atoms in total. The van der Waals surface area contributed by atoms with Gasteiger partial charge in [0.1, 0.15) is 12.4 Å². The van der Waals surface area contributed by atoms with Crippen LogP contribution in [-0.4, -0.2) is 51.7 Å². The summed E-state index contributed by atoms with van der Waals surface area (Å²) >= 11 is 0. The Morgan fingerprint density at radius 2 is 1.74 bits per heavy atom. The van der Waals surface area contributed by atoms with Crippen LogP contribution in [0.2, 0.25) is 0 Å². The van der Waals surface area contributed by atoms with Crippen molar-refractivity contribution >= 4 is 5.96 Å². The highest BCUT2D eigenvalue weighted by Gasteiger charge is 2.08. The van der Waals surface area contributed by atoms with Gasteiger partial charge >= 0.3 is 0 Å². The fourth-order valence-electron chi connectivity index (χ4n) is 2.68. The molecular formula is C22H32N4O. The molecular weight excluding hydrogens is 336 g/mol. The molecule has 0 saturated heterocycles. The van der Waals surface area contributed by atoms with Crippen molar-refractivity contribution in [1.82, 2.24) is 15.5 Å². The highest BCUT2D eigenvalue weighted by molar-refractivity contribution is 5.79. The van der Waals surface area contributed by atoms with Gasteiger partial charge in [0.05, 0.1) is 0 Å². The summed E-state index contributed by atoms with van der Waals surface area (Å²) in [6, 6.07) is 18.6.